The molecule has 5 aromatic rings. The fourth-order valence-corrected chi connectivity index (χ4v) is 9.53. The number of hydrogen-bond acceptors (Lipinski definition) is 12. The number of piperazine rings is 1. The van der Waals surface area contributed by atoms with Gasteiger partial charge in [-0.05, 0) is 46.5 Å². The summed E-state index contributed by atoms with van der Waals surface area (Å²) < 4.78 is 17.3. The Morgan fingerprint density at radius 1 is 0.763 bits per heavy atom. The van der Waals surface area contributed by atoms with E-state index in [0.717, 1.165) is 16.0 Å². The SMILES string of the molecule is COCCOC(=O)N1C(=O)[C@@]2(c3ccccc31)[C@H](C(=O)N1CCN(c3ncccn3)CC1)[C@H]1C(=O)O[C@H](c3ccccc3)[C@H](c3ccccc3)N1[C@@H]2c1ccc(O)cc1. The van der Waals surface area contributed by atoms with E-state index in [-0.39, 0.29) is 37.7 Å². The number of phenols is 1. The second kappa shape index (κ2) is 15.6. The molecular formula is C45H42N6O8. The number of hydrogen-bond donors (Lipinski definition) is 1. The zero-order valence-corrected chi connectivity index (χ0v) is 32.2. The minimum atomic E-state index is -1.88. The first-order valence-corrected chi connectivity index (χ1v) is 19.6. The Kier molecular flexibility index (Phi) is 10.0. The number of methoxy groups -OCH3 is 1. The zero-order chi connectivity index (χ0) is 40.7. The van der Waals surface area contributed by atoms with Gasteiger partial charge in [0.2, 0.25) is 17.8 Å². The van der Waals surface area contributed by atoms with Crippen molar-refractivity contribution in [2.45, 2.75) is 29.6 Å². The standard InChI is InChI=1S/C45H42N6O8/c1-57-27-28-58-44(56)50-34-16-9-8-15-33(34)45(42(50)55)35(40(53)48-23-25-49(26-24-48)43-46-21-10-22-47-43)37-41(54)59-38(30-13-6-3-7-14-30)36(29-11-4-2-5-12-29)51(37)39(45)31-17-19-32(52)20-18-31/h2-22,35-39,52H,23-28H2,1H3/t35-,36-,37-,38+,39+,45-/m0/s1. The average Bonchev–Trinajstić information content (AvgIpc) is 3.74. The predicted octanol–water partition coefficient (Wildman–Crippen LogP) is 4.98. The van der Waals surface area contributed by atoms with Crippen LogP contribution in [0.1, 0.15) is 40.4 Å². The van der Waals surface area contributed by atoms with Crippen molar-refractivity contribution in [1.29, 1.82) is 0 Å². The molecule has 5 heterocycles. The van der Waals surface area contributed by atoms with Gasteiger partial charge in [0.1, 0.15) is 29.9 Å². The van der Waals surface area contributed by atoms with Gasteiger partial charge in [-0.15, -0.1) is 0 Å². The fourth-order valence-electron chi connectivity index (χ4n) is 9.53. The van der Waals surface area contributed by atoms with Crippen LogP contribution in [0.5, 0.6) is 5.75 Å². The highest BCUT2D eigenvalue weighted by Gasteiger charge is 2.76. The molecular weight excluding hydrogens is 753 g/mol. The molecule has 9 rings (SSSR count). The number of nitrogens with zero attached hydrogens (tertiary/aromatic N) is 6. The third kappa shape index (κ3) is 6.26. The Hall–Kier alpha value is -6.64. The van der Waals surface area contributed by atoms with E-state index in [1.165, 1.54) is 19.2 Å². The molecule has 3 saturated heterocycles. The Labute approximate surface area is 340 Å². The van der Waals surface area contributed by atoms with Gasteiger partial charge < -0.3 is 29.1 Å². The van der Waals surface area contributed by atoms with Crippen molar-refractivity contribution in [2.75, 3.05) is 56.3 Å². The summed E-state index contributed by atoms with van der Waals surface area (Å²) >= 11 is 0. The minimum Gasteiger partial charge on any atom is -0.508 e. The maximum absolute atomic E-state index is 16.0. The molecule has 0 unspecified atom stereocenters. The highest BCUT2D eigenvalue weighted by molar-refractivity contribution is 6.23. The topological polar surface area (TPSA) is 155 Å². The zero-order valence-electron chi connectivity index (χ0n) is 32.2. The summed E-state index contributed by atoms with van der Waals surface area (Å²) in [4.78, 5) is 76.4. The van der Waals surface area contributed by atoms with Crippen LogP contribution in [0.4, 0.5) is 16.4 Å². The molecule has 59 heavy (non-hydrogen) atoms. The van der Waals surface area contributed by atoms with Crippen LogP contribution in [0, 0.1) is 5.92 Å². The summed E-state index contributed by atoms with van der Waals surface area (Å²) in [5.74, 6) is -2.68. The number of aromatic hydroxyl groups is 1. The van der Waals surface area contributed by atoms with E-state index in [4.69, 9.17) is 14.2 Å². The number of benzene rings is 4. The molecule has 300 valence electrons. The number of amides is 3. The monoisotopic (exact) mass is 794 g/mol. The lowest BCUT2D eigenvalue weighted by molar-refractivity contribution is -0.179. The molecule has 4 aliphatic heterocycles. The Balaban J connectivity index is 1.27. The third-order valence-corrected chi connectivity index (χ3v) is 12.0. The number of carbonyl (C=O) groups excluding carboxylic acids is 4. The van der Waals surface area contributed by atoms with Crippen molar-refractivity contribution in [3.63, 3.8) is 0 Å². The molecule has 3 amide bonds. The van der Waals surface area contributed by atoms with Gasteiger partial charge >= 0.3 is 12.1 Å². The van der Waals surface area contributed by atoms with Crippen molar-refractivity contribution >= 4 is 35.5 Å². The molecule has 4 aromatic carbocycles. The van der Waals surface area contributed by atoms with Crippen LogP contribution in [-0.4, -0.2) is 101 Å². The van der Waals surface area contributed by atoms with Crippen molar-refractivity contribution in [1.82, 2.24) is 19.8 Å². The number of para-hydroxylation sites is 1. The molecule has 14 nitrogen and oxygen atoms in total. The molecule has 0 saturated carbocycles. The lowest BCUT2D eigenvalue weighted by Gasteiger charge is -2.46. The smallest absolute Gasteiger partial charge is 0.421 e. The van der Waals surface area contributed by atoms with Gasteiger partial charge in [-0.2, -0.15) is 0 Å². The average molecular weight is 795 g/mol. The quantitative estimate of drug-likeness (QED) is 0.167. The number of esters is 1. The number of cyclic esters (lactones) is 1. The van der Waals surface area contributed by atoms with E-state index in [1.807, 2.05) is 70.5 Å². The minimum absolute atomic E-state index is 0.00781. The molecule has 1 aromatic heterocycles. The summed E-state index contributed by atoms with van der Waals surface area (Å²) in [6, 6.07) is 31.0. The molecule has 1 N–H and O–H groups in total. The molecule has 6 atom stereocenters. The van der Waals surface area contributed by atoms with Gasteiger partial charge in [-0.25, -0.2) is 19.7 Å². The van der Waals surface area contributed by atoms with Gasteiger partial charge in [0, 0.05) is 45.7 Å². The lowest BCUT2D eigenvalue weighted by atomic mass is 9.65. The number of ether oxygens (including phenoxy) is 3. The van der Waals surface area contributed by atoms with Crippen molar-refractivity contribution in [2.24, 2.45) is 5.92 Å². The molecule has 0 aliphatic carbocycles. The first-order chi connectivity index (χ1) is 28.8. The Bertz CT molecular complexity index is 2350. The van der Waals surface area contributed by atoms with Crippen molar-refractivity contribution < 1.29 is 38.5 Å². The summed E-state index contributed by atoms with van der Waals surface area (Å²) in [6.07, 6.45) is 1.54. The summed E-state index contributed by atoms with van der Waals surface area (Å²) in [5.41, 5.74) is 0.823. The highest BCUT2D eigenvalue weighted by Crippen LogP contribution is 2.66. The predicted molar refractivity (Wildman–Crippen MR) is 214 cm³/mol. The number of morpholine rings is 1. The van der Waals surface area contributed by atoms with E-state index in [2.05, 4.69) is 9.97 Å². The summed E-state index contributed by atoms with van der Waals surface area (Å²) in [7, 11) is 1.48. The lowest BCUT2D eigenvalue weighted by Crippen LogP contribution is -2.59. The van der Waals surface area contributed by atoms with Crippen LogP contribution >= 0.6 is 0 Å². The van der Waals surface area contributed by atoms with E-state index in [9.17, 15) is 9.90 Å². The van der Waals surface area contributed by atoms with Crippen molar-refractivity contribution in [3.8, 4) is 5.75 Å². The fraction of sp³-hybridized carbons (Fsp3) is 0.289. The van der Waals surface area contributed by atoms with Crippen LogP contribution in [0.3, 0.4) is 0 Å². The van der Waals surface area contributed by atoms with Gasteiger partial charge in [0.25, 0.3) is 0 Å². The molecule has 1 spiro atoms. The first kappa shape index (κ1) is 37.9. The van der Waals surface area contributed by atoms with Gasteiger partial charge in [-0.3, -0.25) is 19.3 Å². The van der Waals surface area contributed by atoms with Gasteiger partial charge in [0.05, 0.1) is 30.3 Å². The number of carbonyl (C=O) groups is 4. The molecule has 14 heteroatoms. The van der Waals surface area contributed by atoms with Crippen LogP contribution in [0.15, 0.2) is 128 Å². The number of rotatable bonds is 8. The second-order valence-electron chi connectivity index (χ2n) is 15.0. The second-order valence-corrected chi connectivity index (χ2v) is 15.0. The summed E-state index contributed by atoms with van der Waals surface area (Å²) in [5, 5.41) is 10.6. The molecule has 0 bridgehead atoms. The largest absolute Gasteiger partial charge is 0.508 e. The number of aromatic nitrogens is 2. The van der Waals surface area contributed by atoms with Crippen LogP contribution < -0.4 is 9.80 Å². The van der Waals surface area contributed by atoms with E-state index in [1.54, 1.807) is 59.8 Å². The number of phenolic OH excluding ortho intramolecular Hbond substituents is 1. The third-order valence-electron chi connectivity index (χ3n) is 12.0. The summed E-state index contributed by atoms with van der Waals surface area (Å²) in [6.45, 7) is 1.29. The van der Waals surface area contributed by atoms with Crippen LogP contribution in [0.2, 0.25) is 0 Å². The van der Waals surface area contributed by atoms with Gasteiger partial charge in [0.15, 0.2) is 0 Å². The first-order valence-electron chi connectivity index (χ1n) is 19.6. The normalized spacial score (nSPS) is 25.1. The highest BCUT2D eigenvalue weighted by atomic mass is 16.6. The van der Waals surface area contributed by atoms with Gasteiger partial charge in [-0.1, -0.05) is 91.0 Å². The van der Waals surface area contributed by atoms with E-state index >= 15 is 14.4 Å². The molecule has 3 fully saturated rings. The Morgan fingerprint density at radius 2 is 1.41 bits per heavy atom. The van der Waals surface area contributed by atoms with E-state index < -0.39 is 59.4 Å². The van der Waals surface area contributed by atoms with E-state index in [0.29, 0.717) is 30.2 Å². The van der Waals surface area contributed by atoms with Crippen LogP contribution in [0.25, 0.3) is 0 Å². The molecule has 4 aliphatic rings. The van der Waals surface area contributed by atoms with Crippen molar-refractivity contribution in [3.05, 3.63) is 150 Å². The number of anilines is 2. The maximum Gasteiger partial charge on any atom is 0.421 e. The Morgan fingerprint density at radius 3 is 2.08 bits per heavy atom. The number of imide groups is 1. The van der Waals surface area contributed by atoms with Crippen LogP contribution in [-0.2, 0) is 34.0 Å². The maximum atomic E-state index is 16.0. The molecule has 0 radical (unpaired) electrons. The number of fused-ring (bicyclic) bond motifs is 3.